The molecule has 0 saturated heterocycles. The van der Waals surface area contributed by atoms with Crippen LogP contribution in [0.2, 0.25) is 0 Å². The van der Waals surface area contributed by atoms with E-state index in [1.807, 2.05) is 13.8 Å². The molecule has 0 unspecified atom stereocenters. The molecule has 2 N–H and O–H groups in total. The van der Waals surface area contributed by atoms with Crippen molar-refractivity contribution in [3.63, 3.8) is 0 Å². The second kappa shape index (κ2) is 5.78. The first-order chi connectivity index (χ1) is 9.88. The van der Waals surface area contributed by atoms with E-state index in [9.17, 15) is 9.59 Å². The van der Waals surface area contributed by atoms with Crippen LogP contribution in [0.3, 0.4) is 0 Å². The van der Waals surface area contributed by atoms with Crippen molar-refractivity contribution in [2.45, 2.75) is 19.8 Å². The summed E-state index contributed by atoms with van der Waals surface area (Å²) in [4.78, 5) is 23.0. The number of carbonyl (C=O) groups is 2. The average molecular weight is 287 g/mol. The molecule has 1 amide bonds. The molecule has 0 aliphatic heterocycles. The van der Waals surface area contributed by atoms with Gasteiger partial charge in [-0.2, -0.15) is 5.10 Å². The van der Waals surface area contributed by atoms with E-state index in [-0.39, 0.29) is 17.4 Å². The highest BCUT2D eigenvalue weighted by Gasteiger charge is 2.15. The van der Waals surface area contributed by atoms with Gasteiger partial charge in [0.25, 0.3) is 5.91 Å². The second-order valence-electron chi connectivity index (χ2n) is 5.09. The molecule has 0 radical (unpaired) electrons. The van der Waals surface area contributed by atoms with Crippen LogP contribution in [0.25, 0.3) is 0 Å². The maximum Gasteiger partial charge on any atom is 0.335 e. The monoisotopic (exact) mass is 287 g/mol. The van der Waals surface area contributed by atoms with E-state index in [2.05, 4.69) is 10.4 Å². The Morgan fingerprint density at radius 2 is 1.76 bits per heavy atom. The maximum atomic E-state index is 12.2. The lowest BCUT2D eigenvalue weighted by Gasteiger charge is -2.07. The summed E-state index contributed by atoms with van der Waals surface area (Å²) in [5.74, 6) is -1.12. The highest BCUT2D eigenvalue weighted by Crippen LogP contribution is 2.22. The van der Waals surface area contributed by atoms with Gasteiger partial charge in [-0.1, -0.05) is 13.8 Å². The van der Waals surface area contributed by atoms with Crippen LogP contribution in [0.4, 0.5) is 5.69 Å². The Morgan fingerprint density at radius 3 is 2.29 bits per heavy atom. The minimum Gasteiger partial charge on any atom is -0.478 e. The number of aryl methyl sites for hydroxylation is 1. The lowest BCUT2D eigenvalue weighted by Crippen LogP contribution is -2.13. The molecule has 0 fully saturated rings. The summed E-state index contributed by atoms with van der Waals surface area (Å²) >= 11 is 0. The number of nitrogens with one attached hydrogen (secondary N) is 1. The van der Waals surface area contributed by atoms with Crippen LogP contribution in [0.5, 0.6) is 0 Å². The molecule has 2 aromatic rings. The molecular formula is C15H17N3O3. The van der Waals surface area contributed by atoms with Gasteiger partial charge in [-0.3, -0.25) is 9.48 Å². The summed E-state index contributed by atoms with van der Waals surface area (Å²) < 4.78 is 1.65. The smallest absolute Gasteiger partial charge is 0.335 e. The standard InChI is InChI=1S/C15H17N3O3/c1-9(2)13-12(8-18(3)17-13)16-14(19)10-4-6-11(7-5-10)15(20)21/h4-9H,1-3H3,(H,16,19)(H,20,21). The van der Waals surface area contributed by atoms with Crippen LogP contribution >= 0.6 is 0 Å². The summed E-state index contributed by atoms with van der Waals surface area (Å²) in [6.07, 6.45) is 1.75. The molecule has 6 nitrogen and oxygen atoms in total. The fourth-order valence-electron chi connectivity index (χ4n) is 1.99. The Labute approximate surface area is 122 Å². The number of hydrogen-bond donors (Lipinski definition) is 2. The number of hydrogen-bond acceptors (Lipinski definition) is 3. The number of anilines is 1. The zero-order chi connectivity index (χ0) is 15.6. The van der Waals surface area contributed by atoms with Gasteiger partial charge in [-0.05, 0) is 30.2 Å². The molecule has 0 aliphatic rings. The third kappa shape index (κ3) is 3.28. The number of rotatable bonds is 4. The highest BCUT2D eigenvalue weighted by atomic mass is 16.4. The van der Waals surface area contributed by atoms with Gasteiger partial charge in [-0.25, -0.2) is 4.79 Å². The normalized spacial score (nSPS) is 10.7. The highest BCUT2D eigenvalue weighted by molar-refractivity contribution is 6.05. The summed E-state index contributed by atoms with van der Waals surface area (Å²) in [7, 11) is 1.79. The Balaban J connectivity index is 2.20. The van der Waals surface area contributed by atoms with Gasteiger partial charge >= 0.3 is 5.97 Å². The van der Waals surface area contributed by atoms with Crippen LogP contribution in [-0.4, -0.2) is 26.8 Å². The number of amides is 1. The fraction of sp³-hybridized carbons (Fsp3) is 0.267. The van der Waals surface area contributed by atoms with Crippen molar-refractivity contribution in [1.29, 1.82) is 0 Å². The van der Waals surface area contributed by atoms with E-state index in [1.165, 1.54) is 24.3 Å². The molecule has 110 valence electrons. The van der Waals surface area contributed by atoms with Crippen LogP contribution < -0.4 is 5.32 Å². The fourth-order valence-corrected chi connectivity index (χ4v) is 1.99. The van der Waals surface area contributed by atoms with Gasteiger partial charge in [0, 0.05) is 18.8 Å². The predicted molar refractivity (Wildman–Crippen MR) is 78.7 cm³/mol. The topological polar surface area (TPSA) is 84.2 Å². The van der Waals surface area contributed by atoms with E-state index in [1.54, 1.807) is 17.9 Å². The first-order valence-electron chi connectivity index (χ1n) is 6.56. The van der Waals surface area contributed by atoms with Gasteiger partial charge in [0.1, 0.15) is 0 Å². The number of carboxylic acids is 1. The number of nitrogens with zero attached hydrogens (tertiary/aromatic N) is 2. The Morgan fingerprint density at radius 1 is 1.19 bits per heavy atom. The molecule has 1 heterocycles. The van der Waals surface area contributed by atoms with Crippen molar-refractivity contribution < 1.29 is 14.7 Å². The Bertz CT molecular complexity index is 672. The van der Waals surface area contributed by atoms with Crippen LogP contribution in [0, 0.1) is 0 Å². The van der Waals surface area contributed by atoms with Gasteiger partial charge in [0.15, 0.2) is 0 Å². The molecule has 0 saturated carbocycles. The minimum absolute atomic E-state index is 0.149. The number of carboxylic acid groups (broad SMARTS) is 1. The largest absolute Gasteiger partial charge is 0.478 e. The predicted octanol–water partition coefficient (Wildman–Crippen LogP) is 2.49. The van der Waals surface area contributed by atoms with Crippen LogP contribution in [-0.2, 0) is 7.05 Å². The van der Waals surface area contributed by atoms with Crippen molar-refractivity contribution in [3.05, 3.63) is 47.3 Å². The quantitative estimate of drug-likeness (QED) is 0.904. The van der Waals surface area contributed by atoms with Gasteiger partial charge in [-0.15, -0.1) is 0 Å². The molecule has 0 bridgehead atoms. The third-order valence-corrected chi connectivity index (χ3v) is 3.05. The van der Waals surface area contributed by atoms with Crippen molar-refractivity contribution in [3.8, 4) is 0 Å². The number of carbonyl (C=O) groups excluding carboxylic acids is 1. The number of benzene rings is 1. The number of aromatic carboxylic acids is 1. The molecule has 0 atom stereocenters. The summed E-state index contributed by atoms with van der Waals surface area (Å²) in [5.41, 5.74) is 2.03. The van der Waals surface area contributed by atoms with E-state index >= 15 is 0 Å². The zero-order valence-electron chi connectivity index (χ0n) is 12.1. The summed E-state index contributed by atoms with van der Waals surface area (Å²) in [5, 5.41) is 16.0. The van der Waals surface area contributed by atoms with Gasteiger partial charge in [0.05, 0.1) is 16.9 Å². The number of aromatic nitrogens is 2. The molecule has 0 aliphatic carbocycles. The van der Waals surface area contributed by atoms with Crippen molar-refractivity contribution in [1.82, 2.24) is 9.78 Å². The molecule has 6 heteroatoms. The average Bonchev–Trinajstić information content (AvgIpc) is 2.80. The van der Waals surface area contributed by atoms with E-state index in [0.29, 0.717) is 11.3 Å². The van der Waals surface area contributed by atoms with E-state index in [4.69, 9.17) is 5.11 Å². The third-order valence-electron chi connectivity index (χ3n) is 3.05. The molecule has 0 spiro atoms. The molecule has 21 heavy (non-hydrogen) atoms. The van der Waals surface area contributed by atoms with Crippen molar-refractivity contribution in [2.24, 2.45) is 7.05 Å². The van der Waals surface area contributed by atoms with Gasteiger partial charge in [0.2, 0.25) is 0 Å². The van der Waals surface area contributed by atoms with Crippen molar-refractivity contribution in [2.75, 3.05) is 5.32 Å². The molecule has 1 aromatic heterocycles. The first-order valence-corrected chi connectivity index (χ1v) is 6.56. The Kier molecular flexibility index (Phi) is 4.07. The first kappa shape index (κ1) is 14.8. The minimum atomic E-state index is -1.02. The van der Waals surface area contributed by atoms with Crippen molar-refractivity contribution >= 4 is 17.6 Å². The maximum absolute atomic E-state index is 12.2. The lowest BCUT2D eigenvalue weighted by molar-refractivity contribution is 0.0696. The van der Waals surface area contributed by atoms with Gasteiger partial charge < -0.3 is 10.4 Å². The van der Waals surface area contributed by atoms with E-state index in [0.717, 1.165) is 5.69 Å². The summed E-state index contributed by atoms with van der Waals surface area (Å²) in [6, 6.07) is 5.79. The molecular weight excluding hydrogens is 270 g/mol. The SMILES string of the molecule is CC(C)c1nn(C)cc1NC(=O)c1ccc(C(=O)O)cc1. The lowest BCUT2D eigenvalue weighted by atomic mass is 10.1. The summed E-state index contributed by atoms with van der Waals surface area (Å²) in [6.45, 7) is 4.00. The molecule has 2 rings (SSSR count). The van der Waals surface area contributed by atoms with Crippen LogP contribution in [0.15, 0.2) is 30.5 Å². The second-order valence-corrected chi connectivity index (χ2v) is 5.09. The van der Waals surface area contributed by atoms with E-state index < -0.39 is 5.97 Å². The van der Waals surface area contributed by atoms with Crippen LogP contribution in [0.1, 0.15) is 46.2 Å². The molecule has 1 aromatic carbocycles. The zero-order valence-corrected chi connectivity index (χ0v) is 12.1. The Hall–Kier alpha value is -2.63.